The zero-order valence-corrected chi connectivity index (χ0v) is 7.15. The van der Waals surface area contributed by atoms with Gasteiger partial charge in [0.15, 0.2) is 5.82 Å². The van der Waals surface area contributed by atoms with Crippen molar-refractivity contribution in [2.45, 2.75) is 0 Å². The summed E-state index contributed by atoms with van der Waals surface area (Å²) < 4.78 is 7.35. The Morgan fingerprint density at radius 3 is 3.27 bits per heavy atom. The first-order valence-electron chi connectivity index (χ1n) is 2.99. The van der Waals surface area contributed by atoms with E-state index in [4.69, 9.17) is 0 Å². The van der Waals surface area contributed by atoms with Crippen LogP contribution in [0, 0.1) is 0 Å². The van der Waals surface area contributed by atoms with Crippen molar-refractivity contribution in [3.8, 4) is 0 Å². The average Bonchev–Trinajstić information content (AvgIpc) is 2.60. The topological polar surface area (TPSA) is 53.1 Å². The van der Waals surface area contributed by atoms with Crippen LogP contribution in [-0.4, -0.2) is 10.2 Å². The molecular formula is C5H6N4S2. The number of H-pyrrole nitrogens is 1. The summed E-state index contributed by atoms with van der Waals surface area (Å²) >= 11 is 0. The Labute approximate surface area is 70.1 Å². The predicted molar refractivity (Wildman–Crippen MR) is 47.9 cm³/mol. The lowest BCUT2D eigenvalue weighted by Gasteiger charge is -1.90. The quantitative estimate of drug-likeness (QED) is 0.516. The van der Waals surface area contributed by atoms with Crippen LogP contribution in [0.1, 0.15) is 0 Å². The maximum Gasteiger partial charge on any atom is 0.156 e. The minimum Gasteiger partial charge on any atom is -0.326 e. The SMILES string of the molecule is C1=CS(=Nc2ccn[nH]2)SN1. The van der Waals surface area contributed by atoms with Crippen molar-refractivity contribution in [1.82, 2.24) is 14.9 Å². The molecule has 1 aromatic rings. The van der Waals surface area contributed by atoms with Crippen LogP contribution in [-0.2, 0) is 9.72 Å². The minimum absolute atomic E-state index is 0.0779. The molecule has 1 unspecified atom stereocenters. The van der Waals surface area contributed by atoms with Gasteiger partial charge in [-0.1, -0.05) is 0 Å². The van der Waals surface area contributed by atoms with Gasteiger partial charge in [0.1, 0.15) is 0 Å². The fraction of sp³-hybridized carbons (Fsp3) is 0. The Hall–Kier alpha value is -0.750. The molecule has 1 atom stereocenters. The van der Waals surface area contributed by atoms with E-state index < -0.39 is 0 Å². The number of hydrogen-bond donors (Lipinski definition) is 2. The van der Waals surface area contributed by atoms with Crippen LogP contribution in [0.5, 0.6) is 0 Å². The molecule has 0 aliphatic carbocycles. The second kappa shape index (κ2) is 3.10. The molecule has 0 amide bonds. The standard InChI is InChI=1S/C5H6N4S2/c1-2-6-8-5(1)9-11-4-3-7-10-11/h1-4,7H,(H,6,8). The van der Waals surface area contributed by atoms with Gasteiger partial charge in [-0.25, -0.2) is 0 Å². The molecule has 0 spiro atoms. The van der Waals surface area contributed by atoms with E-state index in [1.54, 1.807) is 17.2 Å². The maximum atomic E-state index is 4.34. The molecule has 0 fully saturated rings. The number of hydrogen-bond acceptors (Lipinski definition) is 4. The molecule has 2 rings (SSSR count). The van der Waals surface area contributed by atoms with Gasteiger partial charge in [0.05, 0.1) is 6.20 Å². The lowest BCUT2D eigenvalue weighted by molar-refractivity contribution is 1.09. The van der Waals surface area contributed by atoms with E-state index in [1.165, 1.54) is 0 Å². The van der Waals surface area contributed by atoms with Crippen molar-refractivity contribution >= 4 is 26.5 Å². The van der Waals surface area contributed by atoms with Gasteiger partial charge in [0.25, 0.3) is 0 Å². The fourth-order valence-electron chi connectivity index (χ4n) is 0.636. The molecule has 0 aromatic carbocycles. The van der Waals surface area contributed by atoms with E-state index >= 15 is 0 Å². The Kier molecular flexibility index (Phi) is 1.95. The first-order chi connectivity index (χ1) is 5.45. The molecular weight excluding hydrogens is 180 g/mol. The number of aromatic nitrogens is 2. The van der Waals surface area contributed by atoms with Crippen LogP contribution in [0.4, 0.5) is 5.82 Å². The maximum absolute atomic E-state index is 4.34. The van der Waals surface area contributed by atoms with Gasteiger partial charge < -0.3 is 4.72 Å². The van der Waals surface area contributed by atoms with Gasteiger partial charge in [-0.3, -0.25) is 5.10 Å². The summed E-state index contributed by atoms with van der Waals surface area (Å²) in [5, 5.41) is 8.59. The zero-order valence-electron chi connectivity index (χ0n) is 5.52. The minimum atomic E-state index is -0.0779. The van der Waals surface area contributed by atoms with Crippen LogP contribution in [0.25, 0.3) is 0 Å². The molecule has 6 heteroatoms. The highest BCUT2D eigenvalue weighted by Crippen LogP contribution is 2.18. The molecule has 58 valence electrons. The number of aromatic amines is 1. The Morgan fingerprint density at radius 2 is 2.64 bits per heavy atom. The summed E-state index contributed by atoms with van der Waals surface area (Å²) in [6.07, 6.45) is 3.59. The molecule has 0 saturated carbocycles. The molecule has 0 bridgehead atoms. The lowest BCUT2D eigenvalue weighted by atomic mass is 10.7. The van der Waals surface area contributed by atoms with Gasteiger partial charge >= 0.3 is 0 Å². The van der Waals surface area contributed by atoms with Crippen LogP contribution < -0.4 is 4.72 Å². The highest BCUT2D eigenvalue weighted by molar-refractivity contribution is 8.70. The number of nitrogens with one attached hydrogen (secondary N) is 2. The van der Waals surface area contributed by atoms with Crippen molar-refractivity contribution in [2.24, 2.45) is 4.36 Å². The molecule has 0 radical (unpaired) electrons. The van der Waals surface area contributed by atoms with E-state index in [0.717, 1.165) is 5.82 Å². The number of nitrogens with zero attached hydrogens (tertiary/aromatic N) is 2. The first kappa shape index (κ1) is 6.93. The fourth-order valence-corrected chi connectivity index (χ4v) is 2.73. The van der Waals surface area contributed by atoms with Crippen molar-refractivity contribution in [3.63, 3.8) is 0 Å². The predicted octanol–water partition coefficient (Wildman–Crippen LogP) is 1.48. The highest BCUT2D eigenvalue weighted by Gasteiger charge is 1.99. The van der Waals surface area contributed by atoms with Gasteiger partial charge in [0.2, 0.25) is 0 Å². The third-order valence-electron chi connectivity index (χ3n) is 1.06. The average molecular weight is 186 g/mol. The Bertz CT molecular complexity index is 289. The molecule has 1 aliphatic heterocycles. The molecule has 1 aromatic heterocycles. The third kappa shape index (κ3) is 1.63. The number of rotatable bonds is 1. The summed E-state index contributed by atoms with van der Waals surface area (Å²) in [6, 6.07) is 1.85. The Morgan fingerprint density at radius 1 is 1.64 bits per heavy atom. The monoisotopic (exact) mass is 186 g/mol. The van der Waals surface area contributed by atoms with Crippen LogP contribution in [0.3, 0.4) is 0 Å². The van der Waals surface area contributed by atoms with Gasteiger partial charge in [0, 0.05) is 38.4 Å². The molecule has 2 N–H and O–H groups in total. The summed E-state index contributed by atoms with van der Waals surface area (Å²) in [5.74, 6) is 0.828. The summed E-state index contributed by atoms with van der Waals surface area (Å²) in [6.45, 7) is 0. The Balaban J connectivity index is 2.20. The second-order valence-corrected chi connectivity index (χ2v) is 4.75. The van der Waals surface area contributed by atoms with Crippen molar-refractivity contribution in [1.29, 1.82) is 0 Å². The van der Waals surface area contributed by atoms with Gasteiger partial charge in [-0.15, -0.1) is 0 Å². The normalized spacial score (nSPS) is 22.4. The zero-order chi connectivity index (χ0) is 7.52. The first-order valence-corrected chi connectivity index (χ1v) is 5.57. The molecule has 4 nitrogen and oxygen atoms in total. The molecule has 11 heavy (non-hydrogen) atoms. The summed E-state index contributed by atoms with van der Waals surface area (Å²) in [5.41, 5.74) is 0. The van der Waals surface area contributed by atoms with E-state index in [9.17, 15) is 0 Å². The van der Waals surface area contributed by atoms with E-state index in [-0.39, 0.29) is 9.72 Å². The molecule has 1 aliphatic rings. The largest absolute Gasteiger partial charge is 0.326 e. The van der Waals surface area contributed by atoms with E-state index in [2.05, 4.69) is 19.3 Å². The van der Waals surface area contributed by atoms with E-state index in [1.807, 2.05) is 17.7 Å². The van der Waals surface area contributed by atoms with Crippen LogP contribution >= 0.6 is 11.0 Å². The van der Waals surface area contributed by atoms with E-state index in [0.29, 0.717) is 0 Å². The van der Waals surface area contributed by atoms with Crippen molar-refractivity contribution < 1.29 is 0 Å². The third-order valence-corrected chi connectivity index (χ3v) is 3.57. The van der Waals surface area contributed by atoms with Crippen LogP contribution in [0.2, 0.25) is 0 Å². The second-order valence-electron chi connectivity index (χ2n) is 1.81. The van der Waals surface area contributed by atoms with Gasteiger partial charge in [-0.05, 0) is 0 Å². The van der Waals surface area contributed by atoms with Gasteiger partial charge in [-0.2, -0.15) is 9.46 Å². The van der Waals surface area contributed by atoms with Crippen molar-refractivity contribution in [3.05, 3.63) is 23.9 Å². The summed E-state index contributed by atoms with van der Waals surface area (Å²) in [7, 11) is 1.51. The molecule has 2 heterocycles. The smallest absolute Gasteiger partial charge is 0.156 e. The lowest BCUT2D eigenvalue weighted by Crippen LogP contribution is -1.80. The van der Waals surface area contributed by atoms with Crippen molar-refractivity contribution in [2.75, 3.05) is 0 Å². The highest BCUT2D eigenvalue weighted by atomic mass is 33.1. The molecule has 0 saturated heterocycles. The summed E-state index contributed by atoms with van der Waals surface area (Å²) in [4.78, 5) is 0. The van der Waals surface area contributed by atoms with Crippen LogP contribution in [0.15, 0.2) is 28.2 Å².